The largest absolute Gasteiger partial charge is 0.345 e. The van der Waals surface area contributed by atoms with Crippen molar-refractivity contribution in [2.24, 2.45) is 11.8 Å². The molecule has 0 spiro atoms. The molecule has 1 aliphatic rings. The molecule has 2 amide bonds. The minimum Gasteiger partial charge on any atom is -0.345 e. The van der Waals surface area contributed by atoms with Crippen LogP contribution in [0.4, 0.5) is 0 Å². The summed E-state index contributed by atoms with van der Waals surface area (Å²) in [6.07, 6.45) is 0.889. The van der Waals surface area contributed by atoms with Crippen LogP contribution < -0.4 is 5.32 Å². The zero-order valence-electron chi connectivity index (χ0n) is 11.5. The van der Waals surface area contributed by atoms with E-state index in [4.69, 9.17) is 0 Å². The van der Waals surface area contributed by atoms with Gasteiger partial charge in [0.1, 0.15) is 6.04 Å². The zero-order chi connectivity index (χ0) is 13.2. The fraction of sp³-hybridized carbons (Fsp3) is 0.846. The van der Waals surface area contributed by atoms with Gasteiger partial charge in [0.25, 0.3) is 0 Å². The molecule has 0 aromatic rings. The summed E-state index contributed by atoms with van der Waals surface area (Å²) in [5, 5.41) is 2.68. The van der Waals surface area contributed by atoms with Crippen LogP contribution in [0.25, 0.3) is 0 Å². The van der Waals surface area contributed by atoms with E-state index in [1.54, 1.807) is 0 Å². The van der Waals surface area contributed by atoms with E-state index in [1.165, 1.54) is 0 Å². The smallest absolute Gasteiger partial charge is 0.243 e. The van der Waals surface area contributed by atoms with E-state index < -0.39 is 0 Å². The Balaban J connectivity index is 3.03. The van der Waals surface area contributed by atoms with Crippen LogP contribution in [0.3, 0.4) is 0 Å². The number of hydrogen-bond acceptors (Lipinski definition) is 2. The van der Waals surface area contributed by atoms with Crippen molar-refractivity contribution in [3.63, 3.8) is 0 Å². The second-order valence-corrected chi connectivity index (χ2v) is 5.43. The maximum absolute atomic E-state index is 12.1. The maximum Gasteiger partial charge on any atom is 0.243 e. The third-order valence-corrected chi connectivity index (χ3v) is 3.45. The highest BCUT2D eigenvalue weighted by Gasteiger charge is 2.40. The zero-order valence-corrected chi connectivity index (χ0v) is 11.5. The van der Waals surface area contributed by atoms with Crippen molar-refractivity contribution in [1.29, 1.82) is 0 Å². The summed E-state index contributed by atoms with van der Waals surface area (Å²) in [5.74, 6) is 0.547. The average molecular weight is 240 g/mol. The summed E-state index contributed by atoms with van der Waals surface area (Å²) < 4.78 is 0. The molecule has 1 saturated heterocycles. The molecule has 2 unspecified atom stereocenters. The van der Waals surface area contributed by atoms with E-state index in [-0.39, 0.29) is 36.4 Å². The topological polar surface area (TPSA) is 49.4 Å². The molecule has 1 fully saturated rings. The molecule has 17 heavy (non-hydrogen) atoms. The van der Waals surface area contributed by atoms with E-state index in [0.717, 1.165) is 6.42 Å². The van der Waals surface area contributed by atoms with Gasteiger partial charge in [-0.15, -0.1) is 0 Å². The Labute approximate surface area is 104 Å². The molecule has 1 aliphatic heterocycles. The Morgan fingerprint density at radius 2 is 1.88 bits per heavy atom. The number of hydrogen-bond donors (Lipinski definition) is 1. The highest BCUT2D eigenvalue weighted by molar-refractivity contribution is 5.95. The number of piperazine rings is 1. The molecule has 1 heterocycles. The predicted molar refractivity (Wildman–Crippen MR) is 67.4 cm³/mol. The lowest BCUT2D eigenvalue weighted by Gasteiger charge is -2.43. The van der Waals surface area contributed by atoms with Crippen molar-refractivity contribution >= 4 is 11.8 Å². The number of nitrogens with one attached hydrogen (secondary N) is 1. The molecule has 4 heteroatoms. The predicted octanol–water partition coefficient (Wildman–Crippen LogP) is 1.40. The van der Waals surface area contributed by atoms with Crippen LogP contribution >= 0.6 is 0 Å². The van der Waals surface area contributed by atoms with Gasteiger partial charge in [0.2, 0.25) is 11.8 Å². The Morgan fingerprint density at radius 3 is 2.29 bits per heavy atom. The highest BCUT2D eigenvalue weighted by atomic mass is 16.2. The number of amides is 2. The van der Waals surface area contributed by atoms with Gasteiger partial charge in [0, 0.05) is 6.04 Å². The van der Waals surface area contributed by atoms with Crippen molar-refractivity contribution in [3.05, 3.63) is 0 Å². The van der Waals surface area contributed by atoms with Crippen LogP contribution in [0.2, 0.25) is 0 Å². The molecule has 2 atom stereocenters. The number of carbonyl (C=O) groups is 2. The van der Waals surface area contributed by atoms with Crippen molar-refractivity contribution in [2.75, 3.05) is 6.54 Å². The summed E-state index contributed by atoms with van der Waals surface area (Å²) in [6.45, 7) is 10.4. The Hall–Kier alpha value is -1.06. The quantitative estimate of drug-likeness (QED) is 0.807. The van der Waals surface area contributed by atoms with Gasteiger partial charge in [-0.1, -0.05) is 34.6 Å². The standard InChI is InChI=1S/C13H24N2O2/c1-6-10(8(2)3)15-11(16)7-14-13(17)12(15)9(4)5/h8-10,12H,6-7H2,1-5H3,(H,14,17). The number of carbonyl (C=O) groups excluding carboxylic acids is 2. The molecule has 0 aliphatic carbocycles. The highest BCUT2D eigenvalue weighted by Crippen LogP contribution is 2.23. The van der Waals surface area contributed by atoms with Crippen LogP contribution in [0.5, 0.6) is 0 Å². The van der Waals surface area contributed by atoms with E-state index in [9.17, 15) is 9.59 Å². The molecular formula is C13H24N2O2. The first-order valence-corrected chi connectivity index (χ1v) is 6.49. The van der Waals surface area contributed by atoms with Gasteiger partial charge in [-0.3, -0.25) is 9.59 Å². The molecule has 4 nitrogen and oxygen atoms in total. The summed E-state index contributed by atoms with van der Waals surface area (Å²) >= 11 is 0. The number of rotatable bonds is 4. The molecule has 0 aromatic carbocycles. The molecule has 0 aromatic heterocycles. The van der Waals surface area contributed by atoms with Crippen molar-refractivity contribution < 1.29 is 9.59 Å². The SMILES string of the molecule is CCC(C(C)C)N1C(=O)CNC(=O)C1C(C)C. The molecule has 0 radical (unpaired) electrons. The van der Waals surface area contributed by atoms with Crippen LogP contribution in [-0.4, -0.2) is 35.3 Å². The Kier molecular flexibility index (Phi) is 4.54. The van der Waals surface area contributed by atoms with Gasteiger partial charge < -0.3 is 10.2 Å². The first-order chi connectivity index (χ1) is 7.90. The van der Waals surface area contributed by atoms with Gasteiger partial charge in [-0.05, 0) is 18.3 Å². The minimum absolute atomic E-state index is 0.0151. The summed E-state index contributed by atoms with van der Waals surface area (Å²) in [6, 6.07) is -0.162. The summed E-state index contributed by atoms with van der Waals surface area (Å²) in [7, 11) is 0. The second-order valence-electron chi connectivity index (χ2n) is 5.43. The van der Waals surface area contributed by atoms with E-state index in [1.807, 2.05) is 18.7 Å². The second kappa shape index (κ2) is 5.52. The van der Waals surface area contributed by atoms with E-state index in [2.05, 4.69) is 26.1 Å². The minimum atomic E-state index is -0.316. The van der Waals surface area contributed by atoms with Crippen LogP contribution in [0.1, 0.15) is 41.0 Å². The van der Waals surface area contributed by atoms with Gasteiger partial charge >= 0.3 is 0 Å². The first kappa shape index (κ1) is 14.0. The Morgan fingerprint density at radius 1 is 1.29 bits per heavy atom. The van der Waals surface area contributed by atoms with E-state index >= 15 is 0 Å². The van der Waals surface area contributed by atoms with Crippen LogP contribution in [0.15, 0.2) is 0 Å². The molecule has 98 valence electrons. The molecular weight excluding hydrogens is 216 g/mol. The molecule has 0 bridgehead atoms. The van der Waals surface area contributed by atoms with Gasteiger partial charge in [-0.2, -0.15) is 0 Å². The number of nitrogens with zero attached hydrogens (tertiary/aromatic N) is 1. The molecule has 1 N–H and O–H groups in total. The van der Waals surface area contributed by atoms with Crippen molar-refractivity contribution in [3.8, 4) is 0 Å². The third kappa shape index (κ3) is 2.79. The van der Waals surface area contributed by atoms with Crippen LogP contribution in [-0.2, 0) is 9.59 Å². The monoisotopic (exact) mass is 240 g/mol. The fourth-order valence-corrected chi connectivity index (χ4v) is 2.64. The van der Waals surface area contributed by atoms with Gasteiger partial charge in [0.15, 0.2) is 0 Å². The lowest BCUT2D eigenvalue weighted by atomic mass is 9.92. The lowest BCUT2D eigenvalue weighted by molar-refractivity contribution is -0.151. The van der Waals surface area contributed by atoms with Gasteiger partial charge in [0.05, 0.1) is 6.54 Å². The first-order valence-electron chi connectivity index (χ1n) is 6.49. The average Bonchev–Trinajstić information content (AvgIpc) is 2.23. The third-order valence-electron chi connectivity index (χ3n) is 3.45. The van der Waals surface area contributed by atoms with Crippen LogP contribution in [0, 0.1) is 11.8 Å². The van der Waals surface area contributed by atoms with E-state index in [0.29, 0.717) is 5.92 Å². The van der Waals surface area contributed by atoms with Crippen molar-refractivity contribution in [1.82, 2.24) is 10.2 Å². The van der Waals surface area contributed by atoms with Gasteiger partial charge in [-0.25, -0.2) is 0 Å². The fourth-order valence-electron chi connectivity index (χ4n) is 2.64. The van der Waals surface area contributed by atoms with Crippen molar-refractivity contribution in [2.45, 2.75) is 53.1 Å². The lowest BCUT2D eigenvalue weighted by Crippen LogP contribution is -2.63. The summed E-state index contributed by atoms with van der Waals surface area (Å²) in [4.78, 5) is 25.8. The normalized spacial score (nSPS) is 23.2. The molecule has 0 saturated carbocycles. The Bertz CT molecular complexity index is 300. The maximum atomic E-state index is 12.1. The summed E-state index contributed by atoms with van der Waals surface area (Å²) in [5.41, 5.74) is 0. The molecule has 1 rings (SSSR count).